The highest BCUT2D eigenvalue weighted by Crippen LogP contribution is 2.39. The number of aryl methyl sites for hydroxylation is 2. The van der Waals surface area contributed by atoms with Gasteiger partial charge in [0, 0.05) is 17.0 Å². The molecule has 4 nitrogen and oxygen atoms in total. The van der Waals surface area contributed by atoms with Gasteiger partial charge in [-0.25, -0.2) is 0 Å². The molecule has 0 spiro atoms. The first kappa shape index (κ1) is 16.7. The van der Waals surface area contributed by atoms with E-state index in [0.717, 1.165) is 35.3 Å². The van der Waals surface area contributed by atoms with Crippen LogP contribution in [0.4, 0.5) is 5.00 Å². The summed E-state index contributed by atoms with van der Waals surface area (Å²) in [6, 6.07) is 10.5. The molecule has 1 atom stereocenters. The second kappa shape index (κ2) is 7.16. The minimum absolute atomic E-state index is 0.155. The fraction of sp³-hybridized carbons (Fsp3) is 0.368. The van der Waals surface area contributed by atoms with E-state index in [-0.39, 0.29) is 5.91 Å². The number of anilines is 1. The van der Waals surface area contributed by atoms with Crippen LogP contribution in [0.2, 0.25) is 0 Å². The van der Waals surface area contributed by atoms with Crippen LogP contribution in [0.15, 0.2) is 24.3 Å². The van der Waals surface area contributed by atoms with Gasteiger partial charge < -0.3 is 10.1 Å². The number of ether oxygens (including phenoxy) is 1. The van der Waals surface area contributed by atoms with Crippen molar-refractivity contribution < 1.29 is 9.53 Å². The molecule has 1 aromatic carbocycles. The predicted octanol–water partition coefficient (Wildman–Crippen LogP) is 4.28. The zero-order valence-electron chi connectivity index (χ0n) is 13.9. The SMILES string of the molecule is CCc1ccc(-c2c(C)sc(NC(=O)[C@H]3CCCO3)c2C#N)cc1. The number of carbonyl (C=O) groups excluding carboxylic acids is 1. The molecule has 0 bridgehead atoms. The first-order valence-electron chi connectivity index (χ1n) is 8.19. The third-order valence-electron chi connectivity index (χ3n) is 4.31. The molecule has 1 saturated heterocycles. The minimum Gasteiger partial charge on any atom is -0.368 e. The van der Waals surface area contributed by atoms with Gasteiger partial charge in [-0.3, -0.25) is 4.79 Å². The topological polar surface area (TPSA) is 62.1 Å². The van der Waals surface area contributed by atoms with Gasteiger partial charge in [-0.1, -0.05) is 31.2 Å². The van der Waals surface area contributed by atoms with E-state index < -0.39 is 6.10 Å². The van der Waals surface area contributed by atoms with Crippen LogP contribution in [0, 0.1) is 18.3 Å². The fourth-order valence-corrected chi connectivity index (χ4v) is 4.00. The van der Waals surface area contributed by atoms with Crippen molar-refractivity contribution in [2.75, 3.05) is 11.9 Å². The number of hydrogen-bond donors (Lipinski definition) is 1. The Morgan fingerprint density at radius 3 is 2.75 bits per heavy atom. The molecule has 1 amide bonds. The molecule has 3 rings (SSSR count). The van der Waals surface area contributed by atoms with Crippen LogP contribution >= 0.6 is 11.3 Å². The monoisotopic (exact) mass is 340 g/mol. The highest BCUT2D eigenvalue weighted by atomic mass is 32.1. The molecule has 0 unspecified atom stereocenters. The molecule has 1 aliphatic heterocycles. The van der Waals surface area contributed by atoms with Gasteiger partial charge in [-0.15, -0.1) is 11.3 Å². The van der Waals surface area contributed by atoms with Gasteiger partial charge >= 0.3 is 0 Å². The molecule has 0 saturated carbocycles. The number of thiophene rings is 1. The third kappa shape index (κ3) is 3.21. The van der Waals surface area contributed by atoms with Gasteiger partial charge in [0.1, 0.15) is 17.2 Å². The molecule has 1 aromatic heterocycles. The number of rotatable bonds is 4. The highest BCUT2D eigenvalue weighted by molar-refractivity contribution is 7.17. The van der Waals surface area contributed by atoms with Crippen molar-refractivity contribution in [3.8, 4) is 17.2 Å². The molecule has 5 heteroatoms. The number of carbonyl (C=O) groups is 1. The first-order chi connectivity index (χ1) is 11.6. The average molecular weight is 340 g/mol. The number of nitriles is 1. The molecular formula is C19H20N2O2S. The summed E-state index contributed by atoms with van der Waals surface area (Å²) in [5.74, 6) is -0.155. The van der Waals surface area contributed by atoms with Crippen molar-refractivity contribution >= 4 is 22.2 Å². The van der Waals surface area contributed by atoms with Crippen molar-refractivity contribution in [3.05, 3.63) is 40.3 Å². The molecular weight excluding hydrogens is 320 g/mol. The van der Waals surface area contributed by atoms with E-state index in [1.165, 1.54) is 16.9 Å². The molecule has 1 aliphatic rings. The summed E-state index contributed by atoms with van der Waals surface area (Å²) >= 11 is 1.45. The Morgan fingerprint density at radius 2 is 2.17 bits per heavy atom. The molecule has 2 aromatic rings. The maximum absolute atomic E-state index is 12.3. The third-order valence-corrected chi connectivity index (χ3v) is 5.33. The van der Waals surface area contributed by atoms with E-state index in [9.17, 15) is 10.1 Å². The maximum Gasteiger partial charge on any atom is 0.254 e. The van der Waals surface area contributed by atoms with Gasteiger partial charge in [-0.2, -0.15) is 5.26 Å². The highest BCUT2D eigenvalue weighted by Gasteiger charge is 2.26. The Hall–Kier alpha value is -2.16. The Kier molecular flexibility index (Phi) is 4.98. The van der Waals surface area contributed by atoms with Gasteiger partial charge in [0.15, 0.2) is 0 Å². The summed E-state index contributed by atoms with van der Waals surface area (Å²) in [5, 5.41) is 13.1. The summed E-state index contributed by atoms with van der Waals surface area (Å²) in [6.07, 6.45) is 2.23. The quantitative estimate of drug-likeness (QED) is 0.904. The summed E-state index contributed by atoms with van der Waals surface area (Å²) in [6.45, 7) is 4.72. The Labute approximate surface area is 146 Å². The maximum atomic E-state index is 12.3. The summed E-state index contributed by atoms with van der Waals surface area (Å²) in [5.41, 5.74) is 3.72. The van der Waals surface area contributed by atoms with Crippen LogP contribution in [-0.4, -0.2) is 18.6 Å². The lowest BCUT2D eigenvalue weighted by atomic mass is 10.00. The summed E-state index contributed by atoms with van der Waals surface area (Å²) in [4.78, 5) is 13.3. The predicted molar refractivity (Wildman–Crippen MR) is 96.2 cm³/mol. The van der Waals surface area contributed by atoms with E-state index in [1.807, 2.05) is 19.1 Å². The van der Waals surface area contributed by atoms with E-state index in [1.54, 1.807) is 0 Å². The Morgan fingerprint density at radius 1 is 1.42 bits per heavy atom. The van der Waals surface area contributed by atoms with Crippen LogP contribution in [0.25, 0.3) is 11.1 Å². The van der Waals surface area contributed by atoms with Crippen LogP contribution in [0.1, 0.15) is 35.8 Å². The molecule has 0 radical (unpaired) electrons. The molecule has 1 fully saturated rings. The Balaban J connectivity index is 1.91. The average Bonchev–Trinajstić information content (AvgIpc) is 3.23. The van der Waals surface area contributed by atoms with E-state index in [2.05, 4.69) is 30.4 Å². The molecule has 124 valence electrons. The van der Waals surface area contributed by atoms with Crippen molar-refractivity contribution in [3.63, 3.8) is 0 Å². The molecule has 2 heterocycles. The lowest BCUT2D eigenvalue weighted by Crippen LogP contribution is -2.26. The molecule has 1 N–H and O–H groups in total. The van der Waals surface area contributed by atoms with E-state index in [0.29, 0.717) is 17.2 Å². The van der Waals surface area contributed by atoms with Crippen LogP contribution in [0.5, 0.6) is 0 Å². The summed E-state index contributed by atoms with van der Waals surface area (Å²) in [7, 11) is 0. The van der Waals surface area contributed by atoms with Crippen LogP contribution in [-0.2, 0) is 16.0 Å². The lowest BCUT2D eigenvalue weighted by molar-refractivity contribution is -0.124. The number of hydrogen-bond acceptors (Lipinski definition) is 4. The standard InChI is InChI=1S/C19H20N2O2S/c1-3-13-6-8-14(9-7-13)17-12(2)24-19(15(17)11-20)21-18(22)16-5-4-10-23-16/h6-9,16H,3-5,10H2,1-2H3,(H,21,22)/t16-/m1/s1. The van der Waals surface area contributed by atoms with E-state index in [4.69, 9.17) is 4.74 Å². The zero-order valence-corrected chi connectivity index (χ0v) is 14.7. The normalized spacial score (nSPS) is 16.8. The molecule has 0 aliphatic carbocycles. The second-order valence-corrected chi connectivity index (χ2v) is 7.12. The minimum atomic E-state index is -0.397. The number of amides is 1. The van der Waals surface area contributed by atoms with Crippen LogP contribution in [0.3, 0.4) is 0 Å². The Bertz CT molecular complexity index is 781. The smallest absolute Gasteiger partial charge is 0.254 e. The first-order valence-corrected chi connectivity index (χ1v) is 9.01. The van der Waals surface area contributed by atoms with Gasteiger partial charge in [0.25, 0.3) is 5.91 Å². The fourth-order valence-electron chi connectivity index (χ4n) is 2.97. The van der Waals surface area contributed by atoms with Gasteiger partial charge in [0.2, 0.25) is 0 Å². The summed E-state index contributed by atoms with van der Waals surface area (Å²) < 4.78 is 5.42. The van der Waals surface area contributed by atoms with Crippen molar-refractivity contribution in [2.24, 2.45) is 0 Å². The van der Waals surface area contributed by atoms with Gasteiger partial charge in [-0.05, 0) is 37.3 Å². The largest absolute Gasteiger partial charge is 0.368 e. The number of benzene rings is 1. The van der Waals surface area contributed by atoms with Crippen molar-refractivity contribution in [2.45, 2.75) is 39.2 Å². The van der Waals surface area contributed by atoms with Gasteiger partial charge in [0.05, 0.1) is 5.56 Å². The van der Waals surface area contributed by atoms with Crippen molar-refractivity contribution in [1.82, 2.24) is 0 Å². The zero-order chi connectivity index (χ0) is 17.1. The van der Waals surface area contributed by atoms with E-state index >= 15 is 0 Å². The molecule has 24 heavy (non-hydrogen) atoms. The number of nitrogens with one attached hydrogen (secondary N) is 1. The van der Waals surface area contributed by atoms with Crippen LogP contribution < -0.4 is 5.32 Å². The number of nitrogens with zero attached hydrogens (tertiary/aromatic N) is 1. The van der Waals surface area contributed by atoms with Crippen molar-refractivity contribution in [1.29, 1.82) is 5.26 Å². The lowest BCUT2D eigenvalue weighted by Gasteiger charge is -2.09. The second-order valence-electron chi connectivity index (χ2n) is 5.89.